The van der Waals surface area contributed by atoms with Crippen molar-refractivity contribution in [2.75, 3.05) is 17.7 Å². The molecule has 0 fully saturated rings. The molecule has 0 aliphatic carbocycles. The van der Waals surface area contributed by atoms with E-state index in [1.165, 1.54) is 0 Å². The van der Waals surface area contributed by atoms with Crippen LogP contribution in [0.5, 0.6) is 5.75 Å². The fourth-order valence-electron chi connectivity index (χ4n) is 2.41. The number of benzene rings is 1. The standard InChI is InChI=1S/C19H25N3O2/c1-4-15(5-2)19(23)22-18-11-8-16(13-21-18)20-12-14-6-9-17(24-3)10-7-14/h6-11,13,15,20H,4-5,12H2,1-3H3,(H,21,22,23). The van der Waals surface area contributed by atoms with Crippen molar-refractivity contribution in [3.63, 3.8) is 0 Å². The van der Waals surface area contributed by atoms with Crippen molar-refractivity contribution in [2.45, 2.75) is 33.2 Å². The van der Waals surface area contributed by atoms with Gasteiger partial charge in [0.05, 0.1) is 19.0 Å². The average molecular weight is 327 g/mol. The normalized spacial score (nSPS) is 10.5. The van der Waals surface area contributed by atoms with Gasteiger partial charge in [0.1, 0.15) is 11.6 Å². The van der Waals surface area contributed by atoms with Crippen LogP contribution in [0, 0.1) is 5.92 Å². The first-order chi connectivity index (χ1) is 11.7. The highest BCUT2D eigenvalue weighted by Crippen LogP contribution is 2.16. The predicted molar refractivity (Wildman–Crippen MR) is 97.3 cm³/mol. The molecule has 0 bridgehead atoms. The number of hydrogen-bond donors (Lipinski definition) is 2. The Kier molecular flexibility index (Phi) is 6.61. The van der Waals surface area contributed by atoms with Crippen molar-refractivity contribution in [1.29, 1.82) is 0 Å². The molecule has 0 unspecified atom stereocenters. The van der Waals surface area contributed by atoms with Gasteiger partial charge in [0, 0.05) is 12.5 Å². The van der Waals surface area contributed by atoms with Crippen molar-refractivity contribution >= 4 is 17.4 Å². The Balaban J connectivity index is 1.88. The van der Waals surface area contributed by atoms with Gasteiger partial charge in [-0.15, -0.1) is 0 Å². The zero-order chi connectivity index (χ0) is 17.4. The lowest BCUT2D eigenvalue weighted by Crippen LogP contribution is -2.22. The first kappa shape index (κ1) is 17.8. The second-order valence-electron chi connectivity index (χ2n) is 5.64. The number of carbonyl (C=O) groups excluding carboxylic acids is 1. The molecule has 0 saturated heterocycles. The van der Waals surface area contributed by atoms with Crippen LogP contribution in [0.4, 0.5) is 11.5 Å². The number of carbonyl (C=O) groups is 1. The van der Waals surface area contributed by atoms with E-state index in [1.54, 1.807) is 13.3 Å². The number of nitrogens with one attached hydrogen (secondary N) is 2. The van der Waals surface area contributed by atoms with Crippen LogP contribution in [-0.4, -0.2) is 18.0 Å². The second-order valence-corrected chi connectivity index (χ2v) is 5.64. The zero-order valence-corrected chi connectivity index (χ0v) is 14.5. The zero-order valence-electron chi connectivity index (χ0n) is 14.5. The first-order valence-electron chi connectivity index (χ1n) is 8.30. The largest absolute Gasteiger partial charge is 0.497 e. The Hall–Kier alpha value is -2.56. The van der Waals surface area contributed by atoms with E-state index in [1.807, 2.05) is 50.2 Å². The molecule has 128 valence electrons. The van der Waals surface area contributed by atoms with Gasteiger partial charge in [-0.3, -0.25) is 4.79 Å². The lowest BCUT2D eigenvalue weighted by atomic mass is 10.0. The molecule has 2 rings (SSSR count). The summed E-state index contributed by atoms with van der Waals surface area (Å²) in [5.74, 6) is 1.51. The Morgan fingerprint density at radius 2 is 1.83 bits per heavy atom. The van der Waals surface area contributed by atoms with Gasteiger partial charge in [-0.2, -0.15) is 0 Å². The van der Waals surface area contributed by atoms with Crippen molar-refractivity contribution in [3.8, 4) is 5.75 Å². The summed E-state index contributed by atoms with van der Waals surface area (Å²) >= 11 is 0. The van der Waals surface area contributed by atoms with E-state index in [4.69, 9.17) is 4.74 Å². The van der Waals surface area contributed by atoms with Crippen molar-refractivity contribution in [2.24, 2.45) is 5.92 Å². The summed E-state index contributed by atoms with van der Waals surface area (Å²) in [5.41, 5.74) is 2.06. The molecule has 0 atom stereocenters. The average Bonchev–Trinajstić information content (AvgIpc) is 2.62. The summed E-state index contributed by atoms with van der Waals surface area (Å²) in [7, 11) is 1.66. The highest BCUT2D eigenvalue weighted by Gasteiger charge is 2.14. The molecule has 0 aliphatic rings. The Morgan fingerprint density at radius 1 is 1.12 bits per heavy atom. The van der Waals surface area contributed by atoms with Gasteiger partial charge in [-0.1, -0.05) is 26.0 Å². The van der Waals surface area contributed by atoms with Crippen LogP contribution in [0.3, 0.4) is 0 Å². The fraction of sp³-hybridized carbons (Fsp3) is 0.368. The van der Waals surface area contributed by atoms with E-state index in [2.05, 4.69) is 15.6 Å². The van der Waals surface area contributed by atoms with Crippen LogP contribution in [0.1, 0.15) is 32.3 Å². The van der Waals surface area contributed by atoms with Crippen molar-refractivity contribution in [3.05, 3.63) is 48.2 Å². The smallest absolute Gasteiger partial charge is 0.228 e. The molecule has 0 radical (unpaired) electrons. The third-order valence-electron chi connectivity index (χ3n) is 4.03. The van der Waals surface area contributed by atoms with E-state index in [9.17, 15) is 4.79 Å². The summed E-state index contributed by atoms with van der Waals surface area (Å²) in [4.78, 5) is 16.3. The van der Waals surface area contributed by atoms with Gasteiger partial charge >= 0.3 is 0 Å². The molecule has 1 heterocycles. The molecule has 1 aromatic carbocycles. The maximum absolute atomic E-state index is 12.0. The molecule has 5 nitrogen and oxygen atoms in total. The van der Waals surface area contributed by atoms with E-state index >= 15 is 0 Å². The van der Waals surface area contributed by atoms with E-state index in [-0.39, 0.29) is 11.8 Å². The highest BCUT2D eigenvalue weighted by atomic mass is 16.5. The third-order valence-corrected chi connectivity index (χ3v) is 4.03. The monoisotopic (exact) mass is 327 g/mol. The summed E-state index contributed by atoms with van der Waals surface area (Å²) in [5, 5.41) is 6.17. The van der Waals surface area contributed by atoms with Gasteiger partial charge < -0.3 is 15.4 Å². The Morgan fingerprint density at radius 3 is 2.38 bits per heavy atom. The van der Waals surface area contributed by atoms with Crippen LogP contribution >= 0.6 is 0 Å². The minimum absolute atomic E-state index is 0.0337. The quantitative estimate of drug-likeness (QED) is 0.767. The molecule has 0 aliphatic heterocycles. The SMILES string of the molecule is CCC(CC)C(=O)Nc1ccc(NCc2ccc(OC)cc2)cn1. The molecule has 0 spiro atoms. The van der Waals surface area contributed by atoms with Gasteiger partial charge in [0.25, 0.3) is 0 Å². The highest BCUT2D eigenvalue weighted by molar-refractivity contribution is 5.91. The van der Waals surface area contributed by atoms with Crippen LogP contribution in [0.2, 0.25) is 0 Å². The molecule has 1 aromatic heterocycles. The van der Waals surface area contributed by atoms with Crippen LogP contribution in [0.25, 0.3) is 0 Å². The lowest BCUT2D eigenvalue weighted by Gasteiger charge is -2.12. The lowest BCUT2D eigenvalue weighted by molar-refractivity contribution is -0.120. The Labute approximate surface area is 143 Å². The molecular weight excluding hydrogens is 302 g/mol. The molecule has 24 heavy (non-hydrogen) atoms. The van der Waals surface area contributed by atoms with E-state index in [0.717, 1.165) is 29.8 Å². The molecule has 0 saturated carbocycles. The predicted octanol–water partition coefficient (Wildman–Crippen LogP) is 4.08. The number of hydrogen-bond acceptors (Lipinski definition) is 4. The minimum atomic E-state index is 0.0337. The topological polar surface area (TPSA) is 63.2 Å². The summed E-state index contributed by atoms with van der Waals surface area (Å²) in [6, 6.07) is 11.6. The summed E-state index contributed by atoms with van der Waals surface area (Å²) in [6.07, 6.45) is 3.40. The maximum atomic E-state index is 12.0. The van der Waals surface area contributed by atoms with Crippen LogP contribution < -0.4 is 15.4 Å². The number of nitrogens with zero attached hydrogens (tertiary/aromatic N) is 1. The van der Waals surface area contributed by atoms with Crippen molar-refractivity contribution in [1.82, 2.24) is 4.98 Å². The van der Waals surface area contributed by atoms with Gasteiger partial charge in [0.2, 0.25) is 5.91 Å². The number of rotatable bonds is 8. The molecular formula is C19H25N3O2. The van der Waals surface area contributed by atoms with Crippen LogP contribution in [-0.2, 0) is 11.3 Å². The maximum Gasteiger partial charge on any atom is 0.228 e. The second kappa shape index (κ2) is 8.91. The third kappa shape index (κ3) is 4.98. The van der Waals surface area contributed by atoms with Gasteiger partial charge in [-0.25, -0.2) is 4.98 Å². The summed E-state index contributed by atoms with van der Waals surface area (Å²) < 4.78 is 5.14. The van der Waals surface area contributed by atoms with Crippen LogP contribution in [0.15, 0.2) is 42.6 Å². The number of methoxy groups -OCH3 is 1. The number of amides is 1. The Bertz CT molecular complexity index is 635. The number of aromatic nitrogens is 1. The van der Waals surface area contributed by atoms with E-state index < -0.39 is 0 Å². The minimum Gasteiger partial charge on any atom is -0.497 e. The fourth-order valence-corrected chi connectivity index (χ4v) is 2.41. The molecule has 1 amide bonds. The van der Waals surface area contributed by atoms with Crippen molar-refractivity contribution < 1.29 is 9.53 Å². The number of pyridine rings is 1. The molecule has 5 heteroatoms. The first-order valence-corrected chi connectivity index (χ1v) is 8.30. The number of anilines is 2. The van der Waals surface area contributed by atoms with Gasteiger partial charge in [-0.05, 0) is 42.7 Å². The molecule has 2 aromatic rings. The number of ether oxygens (including phenoxy) is 1. The molecule has 2 N–H and O–H groups in total. The van der Waals surface area contributed by atoms with E-state index in [0.29, 0.717) is 12.4 Å². The summed E-state index contributed by atoms with van der Waals surface area (Å²) in [6.45, 7) is 4.74. The van der Waals surface area contributed by atoms with Gasteiger partial charge in [0.15, 0.2) is 0 Å².